The second-order valence-corrected chi connectivity index (χ2v) is 5.66. The van der Waals surface area contributed by atoms with Crippen LogP contribution in [0.5, 0.6) is 0 Å². The number of pyridine rings is 1. The summed E-state index contributed by atoms with van der Waals surface area (Å²) >= 11 is 0. The van der Waals surface area contributed by atoms with E-state index >= 15 is 0 Å². The Kier molecular flexibility index (Phi) is 6.05. The van der Waals surface area contributed by atoms with E-state index in [0.717, 1.165) is 5.39 Å². The highest BCUT2D eigenvalue weighted by atomic mass is 16.5. The number of nitrogens with one attached hydrogen (secondary N) is 1. The average Bonchev–Trinajstić information content (AvgIpc) is 2.58. The van der Waals surface area contributed by atoms with Gasteiger partial charge in [0.25, 0.3) is 5.91 Å². The van der Waals surface area contributed by atoms with Crippen LogP contribution < -0.4 is 5.32 Å². The highest BCUT2D eigenvalue weighted by Gasteiger charge is 2.29. The Hall–Kier alpha value is -2.96. The van der Waals surface area contributed by atoms with Crippen LogP contribution in [0.1, 0.15) is 30.8 Å². The van der Waals surface area contributed by atoms with Gasteiger partial charge in [0.2, 0.25) is 0 Å². The lowest BCUT2D eigenvalue weighted by Crippen LogP contribution is -2.46. The van der Waals surface area contributed by atoms with E-state index in [2.05, 4.69) is 10.3 Å². The smallest absolute Gasteiger partial charge is 0.326 e. The van der Waals surface area contributed by atoms with Crippen molar-refractivity contribution in [2.45, 2.75) is 26.3 Å². The molecular weight excluding hydrogens is 324 g/mol. The molecule has 2 N–H and O–H groups in total. The number of hydrogen-bond acceptors (Lipinski definition) is 5. The molecule has 7 nitrogen and oxygen atoms in total. The number of rotatable bonds is 7. The number of benzene rings is 1. The number of aromatic nitrogens is 1. The Morgan fingerprint density at radius 1 is 1.20 bits per heavy atom. The van der Waals surface area contributed by atoms with Crippen molar-refractivity contribution in [1.29, 1.82) is 0 Å². The monoisotopic (exact) mass is 344 g/mol. The van der Waals surface area contributed by atoms with Crippen molar-refractivity contribution in [1.82, 2.24) is 10.3 Å². The van der Waals surface area contributed by atoms with Crippen LogP contribution in [-0.2, 0) is 14.3 Å². The van der Waals surface area contributed by atoms with Crippen LogP contribution in [0.4, 0.5) is 0 Å². The normalized spacial score (nSPS) is 13.0. The van der Waals surface area contributed by atoms with Gasteiger partial charge in [-0.25, -0.2) is 9.78 Å². The van der Waals surface area contributed by atoms with Crippen LogP contribution in [-0.4, -0.2) is 40.6 Å². The quantitative estimate of drug-likeness (QED) is 0.744. The average molecular weight is 344 g/mol. The molecule has 0 aliphatic rings. The number of carboxylic acid groups (broad SMARTS) is 1. The van der Waals surface area contributed by atoms with Gasteiger partial charge in [-0.1, -0.05) is 31.2 Å². The SMILES string of the molecule is CCOC(=O)C[C@H](C)[C@@H](NC(=O)c1ccc2ccccc2n1)C(=O)O. The zero-order valence-electron chi connectivity index (χ0n) is 14.1. The van der Waals surface area contributed by atoms with E-state index in [1.807, 2.05) is 12.1 Å². The Morgan fingerprint density at radius 3 is 2.60 bits per heavy atom. The first kappa shape index (κ1) is 18.4. The van der Waals surface area contributed by atoms with Gasteiger partial charge in [0, 0.05) is 5.39 Å². The third kappa shape index (κ3) is 4.76. The number of aliphatic carboxylic acids is 1. The molecule has 2 atom stereocenters. The molecule has 1 aromatic heterocycles. The Balaban J connectivity index is 2.13. The van der Waals surface area contributed by atoms with E-state index < -0.39 is 29.8 Å². The standard InChI is InChI=1S/C18H20N2O5/c1-3-25-15(21)10-11(2)16(18(23)24)20-17(22)14-9-8-12-6-4-5-7-13(12)19-14/h4-9,11,16H,3,10H2,1-2H3,(H,20,22)(H,23,24)/t11-,16+/m0/s1. The molecule has 0 bridgehead atoms. The molecule has 0 aliphatic carbocycles. The fourth-order valence-electron chi connectivity index (χ4n) is 2.46. The lowest BCUT2D eigenvalue weighted by atomic mass is 9.98. The van der Waals surface area contributed by atoms with Crippen LogP contribution in [0, 0.1) is 5.92 Å². The van der Waals surface area contributed by atoms with Gasteiger partial charge < -0.3 is 15.2 Å². The van der Waals surface area contributed by atoms with Crippen molar-refractivity contribution in [3.8, 4) is 0 Å². The molecule has 0 unspecified atom stereocenters. The highest BCUT2D eigenvalue weighted by molar-refractivity contribution is 5.97. The summed E-state index contributed by atoms with van der Waals surface area (Å²) in [6.45, 7) is 3.46. The van der Waals surface area contributed by atoms with E-state index in [9.17, 15) is 19.5 Å². The number of carbonyl (C=O) groups is 3. The first-order valence-corrected chi connectivity index (χ1v) is 7.97. The molecule has 132 valence electrons. The van der Waals surface area contributed by atoms with Crippen molar-refractivity contribution in [3.63, 3.8) is 0 Å². The number of nitrogens with zero attached hydrogens (tertiary/aromatic N) is 1. The summed E-state index contributed by atoms with van der Waals surface area (Å²) in [5.74, 6) is -2.94. The van der Waals surface area contributed by atoms with Gasteiger partial charge in [-0.3, -0.25) is 9.59 Å². The second kappa shape index (κ2) is 8.23. The summed E-state index contributed by atoms with van der Waals surface area (Å²) in [5.41, 5.74) is 0.759. The van der Waals surface area contributed by atoms with Crippen molar-refractivity contribution in [2.75, 3.05) is 6.61 Å². The minimum atomic E-state index is -1.22. The summed E-state index contributed by atoms with van der Waals surface area (Å²) in [4.78, 5) is 39.6. The summed E-state index contributed by atoms with van der Waals surface area (Å²) in [6, 6.07) is 9.36. The molecule has 1 aromatic carbocycles. The number of esters is 1. The fraction of sp³-hybridized carbons (Fsp3) is 0.333. The molecule has 0 saturated heterocycles. The number of ether oxygens (including phenoxy) is 1. The molecule has 0 saturated carbocycles. The van der Waals surface area contributed by atoms with Gasteiger partial charge in [-0.2, -0.15) is 0 Å². The van der Waals surface area contributed by atoms with E-state index in [0.29, 0.717) is 5.52 Å². The minimum absolute atomic E-state index is 0.101. The third-order valence-corrected chi connectivity index (χ3v) is 3.75. The maximum absolute atomic E-state index is 12.4. The molecule has 2 rings (SSSR count). The van der Waals surface area contributed by atoms with Gasteiger partial charge in [0.05, 0.1) is 18.5 Å². The van der Waals surface area contributed by atoms with Gasteiger partial charge >= 0.3 is 11.9 Å². The van der Waals surface area contributed by atoms with Crippen LogP contribution in [0.2, 0.25) is 0 Å². The van der Waals surface area contributed by atoms with Crippen LogP contribution in [0.15, 0.2) is 36.4 Å². The highest BCUT2D eigenvalue weighted by Crippen LogP contribution is 2.14. The van der Waals surface area contributed by atoms with E-state index in [1.54, 1.807) is 32.0 Å². The first-order valence-electron chi connectivity index (χ1n) is 7.97. The van der Waals surface area contributed by atoms with Crippen LogP contribution in [0.25, 0.3) is 10.9 Å². The summed E-state index contributed by atoms with van der Waals surface area (Å²) < 4.78 is 4.82. The second-order valence-electron chi connectivity index (χ2n) is 5.66. The topological polar surface area (TPSA) is 106 Å². The lowest BCUT2D eigenvalue weighted by Gasteiger charge is -2.20. The van der Waals surface area contributed by atoms with Crippen molar-refractivity contribution in [2.24, 2.45) is 5.92 Å². The van der Waals surface area contributed by atoms with E-state index in [-0.39, 0.29) is 18.7 Å². The van der Waals surface area contributed by atoms with Gasteiger partial charge in [0.1, 0.15) is 11.7 Å². The van der Waals surface area contributed by atoms with E-state index in [4.69, 9.17) is 4.74 Å². The predicted molar refractivity (Wildman–Crippen MR) is 91.0 cm³/mol. The van der Waals surface area contributed by atoms with E-state index in [1.165, 1.54) is 6.07 Å². The molecule has 1 heterocycles. The Bertz CT molecular complexity index is 790. The molecule has 7 heteroatoms. The number of carbonyl (C=O) groups excluding carboxylic acids is 2. The number of amides is 1. The van der Waals surface area contributed by atoms with Gasteiger partial charge in [0.15, 0.2) is 0 Å². The molecule has 25 heavy (non-hydrogen) atoms. The van der Waals surface area contributed by atoms with Crippen molar-refractivity contribution in [3.05, 3.63) is 42.1 Å². The van der Waals surface area contributed by atoms with Crippen LogP contribution in [0.3, 0.4) is 0 Å². The number of carboxylic acids is 1. The maximum atomic E-state index is 12.4. The minimum Gasteiger partial charge on any atom is -0.480 e. The molecule has 0 spiro atoms. The molecular formula is C18H20N2O5. The van der Waals surface area contributed by atoms with Gasteiger partial charge in [-0.05, 0) is 25.0 Å². The zero-order valence-corrected chi connectivity index (χ0v) is 14.1. The summed E-state index contributed by atoms with van der Waals surface area (Å²) in [7, 11) is 0. The third-order valence-electron chi connectivity index (χ3n) is 3.75. The largest absolute Gasteiger partial charge is 0.480 e. The number of hydrogen-bond donors (Lipinski definition) is 2. The Morgan fingerprint density at radius 2 is 1.92 bits per heavy atom. The number of para-hydroxylation sites is 1. The fourth-order valence-corrected chi connectivity index (χ4v) is 2.46. The molecule has 1 amide bonds. The predicted octanol–water partition coefficient (Wildman–Crippen LogP) is 2.01. The summed E-state index contributed by atoms with van der Waals surface area (Å²) in [5, 5.41) is 12.7. The summed E-state index contributed by atoms with van der Waals surface area (Å²) in [6.07, 6.45) is -0.101. The number of fused-ring (bicyclic) bond motifs is 1. The van der Waals surface area contributed by atoms with Crippen molar-refractivity contribution >= 4 is 28.7 Å². The molecule has 0 radical (unpaired) electrons. The van der Waals surface area contributed by atoms with Gasteiger partial charge in [-0.15, -0.1) is 0 Å². The van der Waals surface area contributed by atoms with Crippen molar-refractivity contribution < 1.29 is 24.2 Å². The molecule has 0 aliphatic heterocycles. The molecule has 2 aromatic rings. The van der Waals surface area contributed by atoms with Crippen LogP contribution >= 0.6 is 0 Å². The lowest BCUT2D eigenvalue weighted by molar-refractivity contribution is -0.145. The zero-order chi connectivity index (χ0) is 18.4. The molecule has 0 fully saturated rings. The first-order chi connectivity index (χ1) is 11.9. The maximum Gasteiger partial charge on any atom is 0.326 e. The Labute approximate surface area is 145 Å².